The zero-order valence-electron chi connectivity index (χ0n) is 19.3. The molecule has 0 saturated carbocycles. The Morgan fingerprint density at radius 2 is 1.83 bits per heavy atom. The number of nitriles is 1. The Morgan fingerprint density at radius 1 is 1.14 bits per heavy atom. The zero-order valence-corrected chi connectivity index (χ0v) is 20.1. The third kappa shape index (κ3) is 6.21. The number of primary sulfonamides is 1. The number of aryl methyl sites for hydroxylation is 2. The van der Waals surface area contributed by atoms with E-state index in [0.717, 1.165) is 12.1 Å². The van der Waals surface area contributed by atoms with Crippen LogP contribution in [-0.4, -0.2) is 14.3 Å². The van der Waals surface area contributed by atoms with E-state index in [1.54, 1.807) is 26.0 Å². The number of sulfonamides is 1. The number of hydrogen-bond acceptors (Lipinski definition) is 5. The molecule has 0 aliphatic carbocycles. The van der Waals surface area contributed by atoms with Gasteiger partial charge in [0.15, 0.2) is 11.6 Å². The van der Waals surface area contributed by atoms with Gasteiger partial charge in [0, 0.05) is 16.8 Å². The SMILES string of the molecule is CCc1ccc(CC(=O)Nc2ccc(S(N)(=O)=O)cc2C)c(F)c1Oc1cc(C#N)cc(C(F)F)c1. The lowest BCUT2D eigenvalue weighted by Crippen LogP contribution is -2.17. The number of anilines is 1. The molecule has 7 nitrogen and oxygen atoms in total. The summed E-state index contributed by atoms with van der Waals surface area (Å²) in [4.78, 5) is 12.5. The van der Waals surface area contributed by atoms with E-state index in [2.05, 4.69) is 5.32 Å². The van der Waals surface area contributed by atoms with E-state index in [4.69, 9.17) is 15.1 Å². The largest absolute Gasteiger partial charge is 0.454 e. The fourth-order valence-corrected chi connectivity index (χ4v) is 4.07. The average molecular weight is 518 g/mol. The lowest BCUT2D eigenvalue weighted by Gasteiger charge is -2.15. The minimum Gasteiger partial charge on any atom is -0.454 e. The van der Waals surface area contributed by atoms with Gasteiger partial charge < -0.3 is 10.1 Å². The molecule has 3 N–H and O–H groups in total. The number of alkyl halides is 2. The molecule has 0 aliphatic heterocycles. The van der Waals surface area contributed by atoms with E-state index < -0.39 is 33.7 Å². The van der Waals surface area contributed by atoms with Crippen molar-refractivity contribution in [3.63, 3.8) is 0 Å². The third-order valence-electron chi connectivity index (χ3n) is 5.32. The zero-order chi connectivity index (χ0) is 26.6. The van der Waals surface area contributed by atoms with Gasteiger partial charge in [-0.3, -0.25) is 4.79 Å². The molecule has 0 aromatic heterocycles. The highest BCUT2D eigenvalue weighted by Gasteiger charge is 2.19. The van der Waals surface area contributed by atoms with E-state index in [-0.39, 0.29) is 33.9 Å². The van der Waals surface area contributed by atoms with Crippen molar-refractivity contribution in [2.24, 2.45) is 5.14 Å². The van der Waals surface area contributed by atoms with Crippen molar-refractivity contribution in [1.82, 2.24) is 0 Å². The third-order valence-corrected chi connectivity index (χ3v) is 6.23. The van der Waals surface area contributed by atoms with Gasteiger partial charge >= 0.3 is 0 Å². The van der Waals surface area contributed by atoms with Crippen LogP contribution in [0.2, 0.25) is 0 Å². The van der Waals surface area contributed by atoms with Gasteiger partial charge in [0.1, 0.15) is 5.75 Å². The second-order valence-corrected chi connectivity index (χ2v) is 9.49. The van der Waals surface area contributed by atoms with Crippen molar-refractivity contribution in [2.75, 3.05) is 5.32 Å². The standard InChI is InChI=1S/C25H22F3N3O4S/c1-3-16-4-5-17(12-22(32)31-21-7-6-20(8-14(21)2)36(30,33)34)23(26)24(16)35-19-10-15(13-29)9-18(11-19)25(27)28/h4-11,25H,3,12H2,1-2H3,(H,31,32)(H2,30,33,34). The second kappa shape index (κ2) is 10.8. The number of nitrogens with two attached hydrogens (primary N) is 1. The molecular weight excluding hydrogens is 495 g/mol. The molecule has 0 radical (unpaired) electrons. The fraction of sp³-hybridized carbons (Fsp3) is 0.200. The summed E-state index contributed by atoms with van der Waals surface area (Å²) >= 11 is 0. The highest BCUT2D eigenvalue weighted by atomic mass is 32.2. The molecular formula is C25H22F3N3O4S. The monoisotopic (exact) mass is 517 g/mol. The molecule has 0 saturated heterocycles. The smallest absolute Gasteiger partial charge is 0.264 e. The minimum absolute atomic E-state index is 0.0102. The quantitative estimate of drug-likeness (QED) is 0.429. The van der Waals surface area contributed by atoms with Gasteiger partial charge in [-0.05, 0) is 60.9 Å². The summed E-state index contributed by atoms with van der Waals surface area (Å²) in [6.45, 7) is 3.33. The van der Waals surface area contributed by atoms with Gasteiger partial charge in [0.2, 0.25) is 15.9 Å². The Kier molecular flexibility index (Phi) is 8.02. The highest BCUT2D eigenvalue weighted by molar-refractivity contribution is 7.89. The van der Waals surface area contributed by atoms with Crippen LogP contribution in [0.1, 0.15) is 41.2 Å². The predicted octanol–water partition coefficient (Wildman–Crippen LogP) is 5.13. The van der Waals surface area contributed by atoms with E-state index in [9.17, 15) is 22.0 Å². The maximum absolute atomic E-state index is 15.4. The van der Waals surface area contributed by atoms with E-state index >= 15 is 4.39 Å². The van der Waals surface area contributed by atoms with Crippen LogP contribution in [-0.2, 0) is 27.7 Å². The molecule has 0 spiro atoms. The summed E-state index contributed by atoms with van der Waals surface area (Å²) in [5.74, 6) is -1.79. The second-order valence-electron chi connectivity index (χ2n) is 7.93. The van der Waals surface area contributed by atoms with Gasteiger partial charge in [-0.1, -0.05) is 19.1 Å². The lowest BCUT2D eigenvalue weighted by atomic mass is 10.0. The van der Waals surface area contributed by atoms with Crippen LogP contribution >= 0.6 is 0 Å². The lowest BCUT2D eigenvalue weighted by molar-refractivity contribution is -0.115. The van der Waals surface area contributed by atoms with Crippen molar-refractivity contribution >= 4 is 21.6 Å². The first kappa shape index (κ1) is 26.7. The number of halogens is 3. The first-order valence-corrected chi connectivity index (χ1v) is 12.2. The van der Waals surface area contributed by atoms with Crippen molar-refractivity contribution in [3.05, 3.63) is 82.2 Å². The van der Waals surface area contributed by atoms with Gasteiger partial charge in [0.25, 0.3) is 6.43 Å². The summed E-state index contributed by atoms with van der Waals surface area (Å²) in [6.07, 6.45) is -2.88. The summed E-state index contributed by atoms with van der Waals surface area (Å²) < 4.78 is 70.4. The molecule has 188 valence electrons. The van der Waals surface area contributed by atoms with Crippen LogP contribution in [0.3, 0.4) is 0 Å². The molecule has 0 atom stereocenters. The maximum Gasteiger partial charge on any atom is 0.264 e. The summed E-state index contributed by atoms with van der Waals surface area (Å²) in [6, 6.07) is 11.9. The van der Waals surface area contributed by atoms with Crippen molar-refractivity contribution in [1.29, 1.82) is 5.26 Å². The molecule has 1 amide bonds. The van der Waals surface area contributed by atoms with Crippen molar-refractivity contribution < 1.29 is 31.1 Å². The highest BCUT2D eigenvalue weighted by Crippen LogP contribution is 2.34. The molecule has 0 unspecified atom stereocenters. The number of nitrogens with one attached hydrogen (secondary N) is 1. The molecule has 0 aliphatic rings. The van der Waals surface area contributed by atoms with Crippen LogP contribution in [0.4, 0.5) is 18.9 Å². The van der Waals surface area contributed by atoms with Gasteiger partial charge in [-0.2, -0.15) is 5.26 Å². The van der Waals surface area contributed by atoms with Crippen molar-refractivity contribution in [3.8, 4) is 17.6 Å². The number of carbonyl (C=O) groups excluding carboxylic acids is 1. The fourth-order valence-electron chi connectivity index (χ4n) is 3.47. The van der Waals surface area contributed by atoms with Crippen LogP contribution in [0.5, 0.6) is 11.5 Å². The topological polar surface area (TPSA) is 122 Å². The number of nitrogens with zero attached hydrogens (tertiary/aromatic N) is 1. The Bertz CT molecular complexity index is 1470. The van der Waals surface area contributed by atoms with Gasteiger partial charge in [-0.15, -0.1) is 0 Å². The molecule has 3 aromatic rings. The van der Waals surface area contributed by atoms with Crippen LogP contribution < -0.4 is 15.2 Å². The number of amides is 1. The molecule has 3 rings (SSSR count). The molecule has 0 bridgehead atoms. The van der Waals surface area contributed by atoms with E-state index in [1.165, 1.54) is 30.3 Å². The van der Waals surface area contributed by atoms with Gasteiger partial charge in [-0.25, -0.2) is 26.7 Å². The Labute approximate surface area is 206 Å². The van der Waals surface area contributed by atoms with E-state index in [1.807, 2.05) is 0 Å². The molecule has 36 heavy (non-hydrogen) atoms. The molecule has 0 heterocycles. The molecule has 11 heteroatoms. The normalized spacial score (nSPS) is 11.3. The summed E-state index contributed by atoms with van der Waals surface area (Å²) in [7, 11) is -3.91. The van der Waals surface area contributed by atoms with Crippen LogP contribution in [0, 0.1) is 24.1 Å². The number of hydrogen-bond donors (Lipinski definition) is 2. The first-order chi connectivity index (χ1) is 16.9. The van der Waals surface area contributed by atoms with Crippen LogP contribution in [0.25, 0.3) is 0 Å². The summed E-state index contributed by atoms with van der Waals surface area (Å²) in [5, 5.41) is 16.8. The maximum atomic E-state index is 15.4. The number of rotatable bonds is 8. The Hall–Kier alpha value is -3.88. The Balaban J connectivity index is 1.88. The van der Waals surface area contributed by atoms with E-state index in [0.29, 0.717) is 23.2 Å². The average Bonchev–Trinajstić information content (AvgIpc) is 2.82. The first-order valence-electron chi connectivity index (χ1n) is 10.7. The predicted molar refractivity (Wildman–Crippen MR) is 127 cm³/mol. The Morgan fingerprint density at radius 3 is 2.42 bits per heavy atom. The van der Waals surface area contributed by atoms with Crippen molar-refractivity contribution in [2.45, 2.75) is 38.0 Å². The minimum atomic E-state index is -3.91. The molecule has 3 aromatic carbocycles. The van der Waals surface area contributed by atoms with Gasteiger partial charge in [0.05, 0.1) is 22.9 Å². The number of carbonyl (C=O) groups is 1. The summed E-state index contributed by atoms with van der Waals surface area (Å²) in [5.41, 5.74) is 0.675. The molecule has 0 fully saturated rings. The number of benzene rings is 3. The number of ether oxygens (including phenoxy) is 1. The van der Waals surface area contributed by atoms with Crippen LogP contribution in [0.15, 0.2) is 53.4 Å².